The van der Waals surface area contributed by atoms with E-state index in [2.05, 4.69) is 5.32 Å². The minimum Gasteiger partial charge on any atom is -0.494 e. The van der Waals surface area contributed by atoms with Gasteiger partial charge in [0.15, 0.2) is 13.2 Å². The molecule has 33 heavy (non-hydrogen) atoms. The molecule has 0 saturated heterocycles. The Balaban J connectivity index is 1.65. The molecule has 9 nitrogen and oxygen atoms in total. The number of ether oxygens (including phenoxy) is 3. The first-order valence-corrected chi connectivity index (χ1v) is 11.0. The number of nitrogens with zero attached hydrogens (tertiary/aromatic N) is 2. The van der Waals surface area contributed by atoms with Crippen molar-refractivity contribution < 1.29 is 28.6 Å². The summed E-state index contributed by atoms with van der Waals surface area (Å²) < 4.78 is 16.4. The molecule has 0 saturated carbocycles. The third-order valence-electron chi connectivity index (χ3n) is 5.10. The van der Waals surface area contributed by atoms with E-state index in [9.17, 15) is 14.4 Å². The molecule has 0 fully saturated rings. The molecule has 0 aliphatic carbocycles. The maximum atomic E-state index is 12.6. The molecule has 0 bridgehead atoms. The number of benzene rings is 2. The number of amides is 3. The van der Waals surface area contributed by atoms with Crippen LogP contribution in [-0.4, -0.2) is 62.1 Å². The van der Waals surface area contributed by atoms with Crippen LogP contribution in [0.2, 0.25) is 0 Å². The van der Waals surface area contributed by atoms with Gasteiger partial charge in [-0.2, -0.15) is 0 Å². The molecule has 1 N–H and O–H groups in total. The number of nitrogens with one attached hydrogen (secondary N) is 1. The Morgan fingerprint density at radius 3 is 2.33 bits per heavy atom. The topological polar surface area (TPSA) is 97.4 Å². The fraction of sp³-hybridized carbons (Fsp3) is 0.375. The SMILES string of the molecule is CCOc1ccc(OCC(=O)Nc2ccc3c(c2)N(CC(=O)N(CC)CC)C(=O)CO3)cc1. The number of hydrogen-bond acceptors (Lipinski definition) is 6. The Labute approximate surface area is 193 Å². The van der Waals surface area contributed by atoms with Gasteiger partial charge in [0.2, 0.25) is 5.91 Å². The van der Waals surface area contributed by atoms with Gasteiger partial charge in [0.05, 0.1) is 12.3 Å². The zero-order valence-corrected chi connectivity index (χ0v) is 19.1. The monoisotopic (exact) mass is 455 g/mol. The zero-order valence-electron chi connectivity index (χ0n) is 19.1. The summed E-state index contributed by atoms with van der Waals surface area (Å²) in [7, 11) is 0. The van der Waals surface area contributed by atoms with Gasteiger partial charge in [0, 0.05) is 18.8 Å². The summed E-state index contributed by atoms with van der Waals surface area (Å²) >= 11 is 0. The molecule has 9 heteroatoms. The summed E-state index contributed by atoms with van der Waals surface area (Å²) in [5.41, 5.74) is 0.907. The van der Waals surface area contributed by atoms with Crippen LogP contribution in [0.25, 0.3) is 0 Å². The predicted octanol–water partition coefficient (Wildman–Crippen LogP) is 2.70. The van der Waals surface area contributed by atoms with Crippen molar-refractivity contribution in [3.05, 3.63) is 42.5 Å². The van der Waals surface area contributed by atoms with Gasteiger partial charge in [0.1, 0.15) is 23.8 Å². The quantitative estimate of drug-likeness (QED) is 0.592. The fourth-order valence-electron chi connectivity index (χ4n) is 3.41. The highest BCUT2D eigenvalue weighted by Crippen LogP contribution is 2.34. The van der Waals surface area contributed by atoms with Crippen molar-refractivity contribution in [2.75, 3.05) is 49.7 Å². The zero-order chi connectivity index (χ0) is 23.8. The van der Waals surface area contributed by atoms with Crippen molar-refractivity contribution in [3.63, 3.8) is 0 Å². The molecule has 176 valence electrons. The average Bonchev–Trinajstić information content (AvgIpc) is 2.81. The van der Waals surface area contributed by atoms with Crippen molar-refractivity contribution in [2.24, 2.45) is 0 Å². The molecule has 3 amide bonds. The van der Waals surface area contributed by atoms with Gasteiger partial charge in [-0.25, -0.2) is 0 Å². The van der Waals surface area contributed by atoms with E-state index in [4.69, 9.17) is 14.2 Å². The van der Waals surface area contributed by atoms with Crippen LogP contribution in [0, 0.1) is 0 Å². The van der Waals surface area contributed by atoms with Crippen molar-refractivity contribution in [1.29, 1.82) is 0 Å². The van der Waals surface area contributed by atoms with Crippen LogP contribution >= 0.6 is 0 Å². The van der Waals surface area contributed by atoms with Crippen molar-refractivity contribution in [3.8, 4) is 17.2 Å². The van der Waals surface area contributed by atoms with Gasteiger partial charge in [-0.15, -0.1) is 0 Å². The molecule has 0 unspecified atom stereocenters. The molecular weight excluding hydrogens is 426 g/mol. The van der Waals surface area contributed by atoms with E-state index in [1.54, 1.807) is 47.4 Å². The summed E-state index contributed by atoms with van der Waals surface area (Å²) in [4.78, 5) is 40.5. The lowest BCUT2D eigenvalue weighted by Gasteiger charge is -2.31. The highest BCUT2D eigenvalue weighted by molar-refractivity contribution is 6.03. The van der Waals surface area contributed by atoms with Crippen LogP contribution < -0.4 is 24.4 Å². The van der Waals surface area contributed by atoms with Crippen molar-refractivity contribution in [2.45, 2.75) is 20.8 Å². The number of rotatable bonds is 10. The maximum absolute atomic E-state index is 12.6. The molecule has 0 atom stereocenters. The first kappa shape index (κ1) is 23.9. The maximum Gasteiger partial charge on any atom is 0.265 e. The fourth-order valence-corrected chi connectivity index (χ4v) is 3.41. The van der Waals surface area contributed by atoms with Gasteiger partial charge in [-0.1, -0.05) is 0 Å². The Bertz CT molecular complexity index is 988. The van der Waals surface area contributed by atoms with E-state index >= 15 is 0 Å². The van der Waals surface area contributed by atoms with Crippen LogP contribution in [-0.2, 0) is 14.4 Å². The second-order valence-electron chi connectivity index (χ2n) is 7.26. The van der Waals surface area contributed by atoms with E-state index in [0.717, 1.165) is 5.75 Å². The smallest absolute Gasteiger partial charge is 0.265 e. The highest BCUT2D eigenvalue weighted by atomic mass is 16.5. The lowest BCUT2D eigenvalue weighted by Crippen LogP contribution is -2.46. The van der Waals surface area contributed by atoms with E-state index < -0.39 is 0 Å². The van der Waals surface area contributed by atoms with Crippen LogP contribution in [0.1, 0.15) is 20.8 Å². The molecular formula is C24H29N3O6. The van der Waals surface area contributed by atoms with Crippen LogP contribution in [0.15, 0.2) is 42.5 Å². The van der Waals surface area contributed by atoms with Crippen LogP contribution in [0.3, 0.4) is 0 Å². The van der Waals surface area contributed by atoms with E-state index in [-0.39, 0.29) is 37.5 Å². The molecule has 0 spiro atoms. The number of likely N-dealkylation sites (N-methyl/N-ethyl adjacent to an activating group) is 1. The molecule has 0 radical (unpaired) electrons. The third-order valence-corrected chi connectivity index (χ3v) is 5.10. The second-order valence-corrected chi connectivity index (χ2v) is 7.26. The summed E-state index contributed by atoms with van der Waals surface area (Å²) in [6.45, 7) is 6.95. The van der Waals surface area contributed by atoms with Crippen LogP contribution in [0.4, 0.5) is 11.4 Å². The summed E-state index contributed by atoms with van der Waals surface area (Å²) in [5.74, 6) is 0.913. The van der Waals surface area contributed by atoms with Gasteiger partial charge in [0.25, 0.3) is 11.8 Å². The molecule has 1 aliphatic rings. The first-order chi connectivity index (χ1) is 15.9. The largest absolute Gasteiger partial charge is 0.494 e. The van der Waals surface area contributed by atoms with E-state index in [1.807, 2.05) is 20.8 Å². The molecule has 2 aromatic rings. The Morgan fingerprint density at radius 1 is 1.03 bits per heavy atom. The minimum atomic E-state index is -0.363. The molecule has 1 aliphatic heterocycles. The lowest BCUT2D eigenvalue weighted by atomic mass is 10.2. The third kappa shape index (κ3) is 6.15. The minimum absolute atomic E-state index is 0.0882. The highest BCUT2D eigenvalue weighted by Gasteiger charge is 2.29. The summed E-state index contributed by atoms with van der Waals surface area (Å²) in [6, 6.07) is 12.0. The normalized spacial score (nSPS) is 12.5. The van der Waals surface area contributed by atoms with Crippen molar-refractivity contribution >= 4 is 29.1 Å². The molecule has 2 aromatic carbocycles. The number of carbonyl (C=O) groups is 3. The Morgan fingerprint density at radius 2 is 1.70 bits per heavy atom. The molecule has 0 aromatic heterocycles. The van der Waals surface area contributed by atoms with Gasteiger partial charge in [-0.05, 0) is 63.2 Å². The van der Waals surface area contributed by atoms with Gasteiger partial charge < -0.3 is 24.4 Å². The van der Waals surface area contributed by atoms with Crippen LogP contribution in [0.5, 0.6) is 17.2 Å². The lowest BCUT2D eigenvalue weighted by molar-refractivity contribution is -0.131. The van der Waals surface area contributed by atoms with Gasteiger partial charge in [-0.3, -0.25) is 19.3 Å². The first-order valence-electron chi connectivity index (χ1n) is 11.0. The number of fused-ring (bicyclic) bond motifs is 1. The predicted molar refractivity (Wildman–Crippen MR) is 124 cm³/mol. The van der Waals surface area contributed by atoms with E-state index in [1.165, 1.54) is 4.90 Å². The molecule has 1 heterocycles. The second kappa shape index (κ2) is 11.2. The number of hydrogen-bond donors (Lipinski definition) is 1. The van der Waals surface area contributed by atoms with Gasteiger partial charge >= 0.3 is 0 Å². The summed E-state index contributed by atoms with van der Waals surface area (Å²) in [5, 5.41) is 2.75. The summed E-state index contributed by atoms with van der Waals surface area (Å²) in [6.07, 6.45) is 0. The molecule has 3 rings (SSSR count). The Hall–Kier alpha value is -3.75. The van der Waals surface area contributed by atoms with E-state index in [0.29, 0.717) is 42.6 Å². The Kier molecular flexibility index (Phi) is 8.12. The average molecular weight is 456 g/mol. The van der Waals surface area contributed by atoms with Crippen molar-refractivity contribution in [1.82, 2.24) is 4.90 Å². The standard InChI is InChI=1S/C24H29N3O6/c1-4-26(5-2)23(29)14-27-20-13-17(7-12-21(20)33-16-24(27)30)25-22(28)15-32-19-10-8-18(9-11-19)31-6-3/h7-13H,4-6,14-16H2,1-3H3,(H,25,28). The number of carbonyl (C=O) groups excluding carboxylic acids is 3. The number of anilines is 2.